The van der Waals surface area contributed by atoms with Crippen LogP contribution in [0.25, 0.3) is 6.08 Å². The second-order valence-corrected chi connectivity index (χ2v) is 7.77. The normalized spacial score (nSPS) is 25.2. The molecule has 2 heterocycles. The molecule has 0 aromatic heterocycles. The van der Waals surface area contributed by atoms with Gasteiger partial charge < -0.3 is 10.1 Å². The van der Waals surface area contributed by atoms with Gasteiger partial charge in [-0.1, -0.05) is 23.7 Å². The SMILES string of the molecule is O=C(/C=C/c1ccc(Cl)cc1)NCC1(N2CCOCC2)CCSC1. The number of benzene rings is 1. The fourth-order valence-corrected chi connectivity index (χ4v) is 4.79. The monoisotopic (exact) mass is 366 g/mol. The van der Waals surface area contributed by atoms with Crippen LogP contribution in [0.2, 0.25) is 5.02 Å². The molecule has 1 aromatic carbocycles. The molecule has 0 bridgehead atoms. The molecule has 2 fully saturated rings. The minimum Gasteiger partial charge on any atom is -0.379 e. The zero-order chi connectivity index (χ0) is 16.8. The Hall–Kier alpha value is -1.01. The van der Waals surface area contributed by atoms with Crippen molar-refractivity contribution in [1.82, 2.24) is 10.2 Å². The highest BCUT2D eigenvalue weighted by Crippen LogP contribution is 2.33. The first-order valence-corrected chi connectivity index (χ1v) is 9.83. The Bertz CT molecular complexity index is 579. The average molecular weight is 367 g/mol. The summed E-state index contributed by atoms with van der Waals surface area (Å²) in [6.45, 7) is 4.19. The number of ether oxygens (including phenoxy) is 1. The largest absolute Gasteiger partial charge is 0.379 e. The lowest BCUT2D eigenvalue weighted by atomic mass is 9.95. The van der Waals surface area contributed by atoms with Gasteiger partial charge >= 0.3 is 0 Å². The molecule has 4 nitrogen and oxygen atoms in total. The van der Waals surface area contributed by atoms with Crippen molar-refractivity contribution in [2.24, 2.45) is 0 Å². The summed E-state index contributed by atoms with van der Waals surface area (Å²) in [7, 11) is 0. The fourth-order valence-electron chi connectivity index (χ4n) is 3.19. The molecule has 2 aliphatic heterocycles. The summed E-state index contributed by atoms with van der Waals surface area (Å²) in [6, 6.07) is 7.44. The maximum Gasteiger partial charge on any atom is 0.244 e. The molecule has 130 valence electrons. The molecule has 1 amide bonds. The Morgan fingerprint density at radius 1 is 1.33 bits per heavy atom. The number of halogens is 1. The third-order valence-electron chi connectivity index (χ3n) is 4.65. The van der Waals surface area contributed by atoms with Gasteiger partial charge in [0.2, 0.25) is 5.91 Å². The van der Waals surface area contributed by atoms with E-state index in [1.54, 1.807) is 6.08 Å². The van der Waals surface area contributed by atoms with Gasteiger partial charge in [-0.05, 0) is 35.9 Å². The maximum absolute atomic E-state index is 12.2. The fraction of sp³-hybridized carbons (Fsp3) is 0.500. The molecule has 0 radical (unpaired) electrons. The number of carbonyl (C=O) groups is 1. The number of thioether (sulfide) groups is 1. The lowest BCUT2D eigenvalue weighted by molar-refractivity contribution is -0.117. The van der Waals surface area contributed by atoms with E-state index in [1.165, 1.54) is 0 Å². The molecule has 2 aliphatic rings. The number of nitrogens with zero attached hydrogens (tertiary/aromatic N) is 1. The van der Waals surface area contributed by atoms with Crippen molar-refractivity contribution in [3.05, 3.63) is 40.9 Å². The van der Waals surface area contributed by atoms with Crippen LogP contribution in [0.1, 0.15) is 12.0 Å². The van der Waals surface area contributed by atoms with Crippen molar-refractivity contribution >= 4 is 35.3 Å². The highest BCUT2D eigenvalue weighted by atomic mass is 35.5. The standard InChI is InChI=1S/C18H23ClN2O2S/c19-16-4-1-15(2-5-16)3-6-17(22)20-13-18(7-12-24-14-18)21-8-10-23-11-9-21/h1-6H,7-14H2,(H,20,22)/b6-3+. The number of carbonyl (C=O) groups excluding carboxylic acids is 1. The first-order valence-electron chi connectivity index (χ1n) is 8.30. The number of hydrogen-bond donors (Lipinski definition) is 1. The molecule has 1 unspecified atom stereocenters. The number of morpholine rings is 1. The Labute approximate surface area is 152 Å². The van der Waals surface area contributed by atoms with Crippen molar-refractivity contribution < 1.29 is 9.53 Å². The minimum atomic E-state index is -0.0468. The van der Waals surface area contributed by atoms with Gasteiger partial charge in [-0.3, -0.25) is 9.69 Å². The van der Waals surface area contributed by atoms with Crippen molar-refractivity contribution in [2.45, 2.75) is 12.0 Å². The predicted octanol–water partition coefficient (Wildman–Crippen LogP) is 2.68. The lowest BCUT2D eigenvalue weighted by Crippen LogP contribution is -2.59. The molecule has 0 spiro atoms. The third kappa shape index (κ3) is 4.54. The second kappa shape index (κ2) is 8.39. The Morgan fingerprint density at radius 3 is 2.75 bits per heavy atom. The quantitative estimate of drug-likeness (QED) is 0.813. The summed E-state index contributed by atoms with van der Waals surface area (Å²) in [5.74, 6) is 2.19. The summed E-state index contributed by atoms with van der Waals surface area (Å²) >= 11 is 7.84. The van der Waals surface area contributed by atoms with Crippen molar-refractivity contribution in [2.75, 3.05) is 44.4 Å². The van der Waals surface area contributed by atoms with E-state index in [2.05, 4.69) is 10.2 Å². The Kier molecular flexibility index (Phi) is 6.22. The third-order valence-corrected chi connectivity index (χ3v) is 6.14. The summed E-state index contributed by atoms with van der Waals surface area (Å²) in [4.78, 5) is 14.7. The summed E-state index contributed by atoms with van der Waals surface area (Å²) < 4.78 is 5.47. The molecule has 1 aromatic rings. The highest BCUT2D eigenvalue weighted by Gasteiger charge is 2.40. The summed E-state index contributed by atoms with van der Waals surface area (Å²) in [6.07, 6.45) is 4.54. The van der Waals surface area contributed by atoms with Crippen LogP contribution in [0.4, 0.5) is 0 Å². The van der Waals surface area contributed by atoms with E-state index in [4.69, 9.17) is 16.3 Å². The van der Waals surface area contributed by atoms with Crippen molar-refractivity contribution in [1.29, 1.82) is 0 Å². The van der Waals surface area contributed by atoms with E-state index < -0.39 is 0 Å². The van der Waals surface area contributed by atoms with Gasteiger partial charge in [0.05, 0.1) is 13.2 Å². The van der Waals surface area contributed by atoms with Crippen molar-refractivity contribution in [3.8, 4) is 0 Å². The van der Waals surface area contributed by atoms with Gasteiger partial charge in [0.25, 0.3) is 0 Å². The van der Waals surface area contributed by atoms with Crippen LogP contribution >= 0.6 is 23.4 Å². The predicted molar refractivity (Wildman–Crippen MR) is 101 cm³/mol. The van der Waals surface area contributed by atoms with Crippen LogP contribution in [-0.2, 0) is 9.53 Å². The molecule has 24 heavy (non-hydrogen) atoms. The number of nitrogens with one attached hydrogen (secondary N) is 1. The number of hydrogen-bond acceptors (Lipinski definition) is 4. The van der Waals surface area contributed by atoms with Gasteiger partial charge in [0.1, 0.15) is 0 Å². The summed E-state index contributed by atoms with van der Waals surface area (Å²) in [5, 5.41) is 3.79. The van der Waals surface area contributed by atoms with E-state index in [-0.39, 0.29) is 11.4 Å². The van der Waals surface area contributed by atoms with Crippen LogP contribution in [0.5, 0.6) is 0 Å². The maximum atomic E-state index is 12.2. The van der Waals surface area contributed by atoms with Crippen LogP contribution in [0.15, 0.2) is 30.3 Å². The van der Waals surface area contributed by atoms with Crippen molar-refractivity contribution in [3.63, 3.8) is 0 Å². The smallest absolute Gasteiger partial charge is 0.244 e. The van der Waals surface area contributed by atoms with Gasteiger partial charge in [0.15, 0.2) is 0 Å². The van der Waals surface area contributed by atoms with Crippen LogP contribution in [0, 0.1) is 0 Å². The first-order chi connectivity index (χ1) is 11.7. The van der Waals surface area contributed by atoms with E-state index >= 15 is 0 Å². The van der Waals surface area contributed by atoms with Gasteiger partial charge in [-0.15, -0.1) is 0 Å². The van der Waals surface area contributed by atoms with Gasteiger partial charge in [0, 0.05) is 42.0 Å². The van der Waals surface area contributed by atoms with E-state index in [0.717, 1.165) is 49.8 Å². The molecule has 6 heteroatoms. The average Bonchev–Trinajstić information content (AvgIpc) is 3.10. The molecule has 0 saturated carbocycles. The van der Waals surface area contributed by atoms with Crippen LogP contribution in [-0.4, -0.2) is 60.7 Å². The topological polar surface area (TPSA) is 41.6 Å². The van der Waals surface area contributed by atoms with E-state index in [1.807, 2.05) is 42.1 Å². The second-order valence-electron chi connectivity index (χ2n) is 6.23. The summed E-state index contributed by atoms with van der Waals surface area (Å²) in [5.41, 5.74) is 1.05. The molecule has 3 rings (SSSR count). The molecule has 0 aliphatic carbocycles. The van der Waals surface area contributed by atoms with E-state index in [0.29, 0.717) is 11.6 Å². The van der Waals surface area contributed by atoms with Crippen LogP contribution in [0.3, 0.4) is 0 Å². The molecule has 2 saturated heterocycles. The molecule has 1 N–H and O–H groups in total. The van der Waals surface area contributed by atoms with Gasteiger partial charge in [-0.25, -0.2) is 0 Å². The lowest BCUT2D eigenvalue weighted by Gasteiger charge is -2.42. The van der Waals surface area contributed by atoms with Crippen LogP contribution < -0.4 is 5.32 Å². The minimum absolute atomic E-state index is 0.0468. The Balaban J connectivity index is 1.56. The molecular formula is C18H23ClN2O2S. The zero-order valence-electron chi connectivity index (χ0n) is 13.7. The van der Waals surface area contributed by atoms with Gasteiger partial charge in [-0.2, -0.15) is 11.8 Å². The highest BCUT2D eigenvalue weighted by molar-refractivity contribution is 7.99. The zero-order valence-corrected chi connectivity index (χ0v) is 15.2. The molecular weight excluding hydrogens is 344 g/mol. The molecule has 1 atom stereocenters. The number of amides is 1. The first kappa shape index (κ1) is 17.8. The Morgan fingerprint density at radius 2 is 2.08 bits per heavy atom. The number of rotatable bonds is 5. The van der Waals surface area contributed by atoms with E-state index in [9.17, 15) is 4.79 Å².